The second kappa shape index (κ2) is 8.96. The zero-order valence-corrected chi connectivity index (χ0v) is 18.3. The summed E-state index contributed by atoms with van der Waals surface area (Å²) in [7, 11) is 0. The normalized spacial score (nSPS) is 13.9. The fourth-order valence-electron chi connectivity index (χ4n) is 4.08. The molecule has 4 rings (SSSR count). The van der Waals surface area contributed by atoms with Crippen molar-refractivity contribution < 1.29 is 27.8 Å². The molecule has 1 amide bonds. The van der Waals surface area contributed by atoms with Gasteiger partial charge in [0.05, 0.1) is 18.2 Å². The highest BCUT2D eigenvalue weighted by molar-refractivity contribution is 9.10. The van der Waals surface area contributed by atoms with E-state index in [1.807, 2.05) is 48.5 Å². The molecule has 1 atom stereocenters. The average molecular weight is 506 g/mol. The first-order valence-electron chi connectivity index (χ1n) is 9.88. The summed E-state index contributed by atoms with van der Waals surface area (Å²) < 4.78 is 46.0. The van der Waals surface area contributed by atoms with Crippen molar-refractivity contribution in [2.45, 2.75) is 18.1 Å². The van der Waals surface area contributed by atoms with Crippen LogP contribution in [0.3, 0.4) is 0 Å². The number of carbonyl (C=O) groups is 1. The number of hydrogen-bond donors (Lipinski definition) is 2. The maximum atomic E-state index is 13.5. The van der Waals surface area contributed by atoms with Gasteiger partial charge in [-0.15, -0.1) is 0 Å². The number of hydrogen-bond acceptors (Lipinski definition) is 3. The zero-order valence-electron chi connectivity index (χ0n) is 16.7. The lowest BCUT2D eigenvalue weighted by Crippen LogP contribution is -2.33. The third-order valence-corrected chi connectivity index (χ3v) is 6.01. The van der Waals surface area contributed by atoms with E-state index in [-0.39, 0.29) is 22.6 Å². The predicted octanol–water partition coefficient (Wildman–Crippen LogP) is 6.04. The van der Waals surface area contributed by atoms with Gasteiger partial charge in [0.2, 0.25) is 0 Å². The van der Waals surface area contributed by atoms with Gasteiger partial charge in [0.25, 0.3) is 0 Å². The maximum absolute atomic E-state index is 13.5. The van der Waals surface area contributed by atoms with E-state index < -0.39 is 30.5 Å². The highest BCUT2D eigenvalue weighted by atomic mass is 79.9. The third kappa shape index (κ3) is 4.38. The number of aliphatic hydroxyl groups excluding tert-OH is 1. The Labute approximate surface area is 191 Å². The molecule has 4 nitrogen and oxygen atoms in total. The van der Waals surface area contributed by atoms with Crippen molar-refractivity contribution in [3.63, 3.8) is 0 Å². The van der Waals surface area contributed by atoms with Crippen LogP contribution in [0.15, 0.2) is 71.2 Å². The number of ether oxygens (including phenoxy) is 1. The van der Waals surface area contributed by atoms with Gasteiger partial charge < -0.3 is 15.2 Å². The van der Waals surface area contributed by atoms with Crippen LogP contribution in [-0.4, -0.2) is 24.4 Å². The van der Waals surface area contributed by atoms with E-state index >= 15 is 0 Å². The molecule has 0 radical (unpaired) electrons. The van der Waals surface area contributed by atoms with E-state index in [4.69, 9.17) is 4.74 Å². The SMILES string of the molecule is O=C(NC(CO)c1ccc(Br)cc1C(F)(F)F)OCC1c2ccccc2-c2ccccc21. The molecular weight excluding hydrogens is 487 g/mol. The Bertz CT molecular complexity index is 1100. The molecule has 2 N–H and O–H groups in total. The smallest absolute Gasteiger partial charge is 0.416 e. The maximum Gasteiger partial charge on any atom is 0.416 e. The molecule has 0 aromatic heterocycles. The molecule has 0 spiro atoms. The third-order valence-electron chi connectivity index (χ3n) is 5.51. The van der Waals surface area contributed by atoms with Crippen LogP contribution in [0.1, 0.15) is 34.2 Å². The van der Waals surface area contributed by atoms with Crippen LogP contribution in [0.5, 0.6) is 0 Å². The largest absolute Gasteiger partial charge is 0.449 e. The van der Waals surface area contributed by atoms with Gasteiger partial charge in [0.1, 0.15) is 6.61 Å². The van der Waals surface area contributed by atoms with Crippen LogP contribution in [0, 0.1) is 0 Å². The van der Waals surface area contributed by atoms with Crippen molar-refractivity contribution in [2.75, 3.05) is 13.2 Å². The Morgan fingerprint density at radius 2 is 1.62 bits per heavy atom. The highest BCUT2D eigenvalue weighted by Crippen LogP contribution is 2.44. The van der Waals surface area contributed by atoms with Crippen LogP contribution in [0.25, 0.3) is 11.1 Å². The minimum atomic E-state index is -4.64. The molecule has 0 aliphatic heterocycles. The Hall–Kier alpha value is -2.84. The standard InChI is InChI=1S/C24H19BrF3NO3/c25-14-9-10-19(21(11-14)24(26,27)28)22(12-30)29-23(31)32-13-20-17-7-3-1-5-15(17)16-6-2-4-8-18(16)20/h1-11,20,22,30H,12-13H2,(H,29,31). The number of halogens is 4. The summed E-state index contributed by atoms with van der Waals surface area (Å²) >= 11 is 3.03. The van der Waals surface area contributed by atoms with Crippen molar-refractivity contribution in [3.8, 4) is 11.1 Å². The Morgan fingerprint density at radius 1 is 1.03 bits per heavy atom. The lowest BCUT2D eigenvalue weighted by atomic mass is 9.98. The summed E-state index contributed by atoms with van der Waals surface area (Å²) in [5.41, 5.74) is 2.99. The fraction of sp³-hybridized carbons (Fsp3) is 0.208. The molecule has 0 bridgehead atoms. The summed E-state index contributed by atoms with van der Waals surface area (Å²) in [6.45, 7) is -0.695. The first-order valence-corrected chi connectivity index (χ1v) is 10.7. The molecule has 1 aliphatic carbocycles. The van der Waals surface area contributed by atoms with Gasteiger partial charge in [0.15, 0.2) is 0 Å². The summed E-state index contributed by atoms with van der Waals surface area (Å²) in [5, 5.41) is 12.0. The number of carbonyl (C=O) groups excluding carboxylic acids is 1. The number of alkyl carbamates (subject to hydrolysis) is 1. The molecule has 166 valence electrons. The van der Waals surface area contributed by atoms with Gasteiger partial charge in [-0.25, -0.2) is 4.79 Å². The van der Waals surface area contributed by atoms with Gasteiger partial charge in [-0.2, -0.15) is 13.2 Å². The lowest BCUT2D eigenvalue weighted by molar-refractivity contribution is -0.138. The molecule has 1 unspecified atom stereocenters. The predicted molar refractivity (Wildman–Crippen MR) is 117 cm³/mol. The van der Waals surface area contributed by atoms with Crippen molar-refractivity contribution >= 4 is 22.0 Å². The van der Waals surface area contributed by atoms with Crippen molar-refractivity contribution in [1.29, 1.82) is 0 Å². The summed E-state index contributed by atoms with van der Waals surface area (Å²) in [6.07, 6.45) is -5.54. The van der Waals surface area contributed by atoms with E-state index in [1.54, 1.807) is 0 Å². The molecule has 0 heterocycles. The number of amides is 1. The lowest BCUT2D eigenvalue weighted by Gasteiger charge is -2.22. The summed E-state index contributed by atoms with van der Waals surface area (Å²) in [5.74, 6) is -0.181. The van der Waals surface area contributed by atoms with E-state index in [1.165, 1.54) is 12.1 Å². The van der Waals surface area contributed by atoms with Gasteiger partial charge in [0, 0.05) is 10.4 Å². The minimum Gasteiger partial charge on any atom is -0.449 e. The topological polar surface area (TPSA) is 58.6 Å². The van der Waals surface area contributed by atoms with Gasteiger partial charge in [-0.05, 0) is 39.9 Å². The van der Waals surface area contributed by atoms with Crippen molar-refractivity contribution in [3.05, 3.63) is 93.5 Å². The summed E-state index contributed by atoms with van der Waals surface area (Å²) in [4.78, 5) is 12.5. The number of fused-ring (bicyclic) bond motifs is 3. The number of rotatable bonds is 5. The number of benzene rings is 3. The van der Waals surface area contributed by atoms with E-state index in [0.29, 0.717) is 0 Å². The van der Waals surface area contributed by atoms with Gasteiger partial charge >= 0.3 is 12.3 Å². The van der Waals surface area contributed by atoms with Crippen molar-refractivity contribution in [1.82, 2.24) is 5.32 Å². The number of alkyl halides is 3. The molecular formula is C24H19BrF3NO3. The number of aliphatic hydroxyl groups is 1. The van der Waals surface area contributed by atoms with Gasteiger partial charge in [-0.1, -0.05) is 70.5 Å². The molecule has 8 heteroatoms. The molecule has 3 aromatic rings. The number of nitrogens with one attached hydrogen (secondary N) is 1. The molecule has 3 aromatic carbocycles. The summed E-state index contributed by atoms with van der Waals surface area (Å²) in [6, 6.07) is 17.9. The van der Waals surface area contributed by atoms with Crippen molar-refractivity contribution in [2.24, 2.45) is 0 Å². The first-order chi connectivity index (χ1) is 15.3. The van der Waals surface area contributed by atoms with Crippen LogP contribution in [0.2, 0.25) is 0 Å². The zero-order chi connectivity index (χ0) is 22.9. The van der Waals surface area contributed by atoms with Crippen LogP contribution in [0.4, 0.5) is 18.0 Å². The van der Waals surface area contributed by atoms with E-state index in [9.17, 15) is 23.1 Å². The fourth-order valence-corrected chi connectivity index (χ4v) is 4.44. The average Bonchev–Trinajstić information content (AvgIpc) is 3.09. The Kier molecular flexibility index (Phi) is 6.26. The second-order valence-corrected chi connectivity index (χ2v) is 8.35. The second-order valence-electron chi connectivity index (χ2n) is 7.43. The molecule has 0 fully saturated rings. The quantitative estimate of drug-likeness (QED) is 0.444. The van der Waals surface area contributed by atoms with E-state index in [2.05, 4.69) is 21.2 Å². The monoisotopic (exact) mass is 505 g/mol. The highest BCUT2D eigenvalue weighted by Gasteiger charge is 2.36. The molecule has 0 saturated carbocycles. The van der Waals surface area contributed by atoms with Gasteiger partial charge in [-0.3, -0.25) is 0 Å². The first kappa shape index (κ1) is 22.4. The van der Waals surface area contributed by atoms with Crippen LogP contribution >= 0.6 is 15.9 Å². The molecule has 0 saturated heterocycles. The Morgan fingerprint density at radius 3 is 2.19 bits per heavy atom. The van der Waals surface area contributed by atoms with Crippen LogP contribution < -0.4 is 5.32 Å². The Balaban J connectivity index is 1.50. The van der Waals surface area contributed by atoms with Crippen LogP contribution in [-0.2, 0) is 10.9 Å². The molecule has 32 heavy (non-hydrogen) atoms. The minimum absolute atomic E-state index is 0.0183. The van der Waals surface area contributed by atoms with E-state index in [0.717, 1.165) is 28.3 Å². The molecule has 1 aliphatic rings.